The van der Waals surface area contributed by atoms with Crippen molar-refractivity contribution in [1.29, 1.82) is 0 Å². The summed E-state index contributed by atoms with van der Waals surface area (Å²) in [6, 6.07) is 4.47. The van der Waals surface area contributed by atoms with Crippen molar-refractivity contribution in [3.8, 4) is 5.75 Å². The average molecular weight is 280 g/mol. The number of hydrogen-bond acceptors (Lipinski definition) is 4. The van der Waals surface area contributed by atoms with Crippen LogP contribution in [0, 0.1) is 6.92 Å². The first-order chi connectivity index (χ1) is 8.97. The number of benzene rings is 1. The zero-order valence-corrected chi connectivity index (χ0v) is 10.7. The largest absolute Gasteiger partial charge is 0.507 e. The number of rotatable bonds is 2. The van der Waals surface area contributed by atoms with Gasteiger partial charge in [-0.3, -0.25) is 9.78 Å². The molecular weight excluding hydrogens is 270 g/mol. The van der Waals surface area contributed by atoms with E-state index < -0.39 is 11.2 Å². The van der Waals surface area contributed by atoms with Crippen LogP contribution in [0.15, 0.2) is 32.8 Å². The van der Waals surface area contributed by atoms with Crippen LogP contribution in [0.25, 0.3) is 0 Å². The summed E-state index contributed by atoms with van der Waals surface area (Å²) < 4.78 is 0. The first kappa shape index (κ1) is 13.1. The maximum atomic E-state index is 11.6. The predicted molar refractivity (Wildman–Crippen MR) is 72.8 cm³/mol. The molecule has 0 unspecified atom stereocenters. The lowest BCUT2D eigenvalue weighted by Crippen LogP contribution is -2.22. The molecule has 0 aliphatic heterocycles. The van der Waals surface area contributed by atoms with Gasteiger partial charge in [0.15, 0.2) is 0 Å². The van der Waals surface area contributed by atoms with Crippen molar-refractivity contribution in [1.82, 2.24) is 9.97 Å². The van der Waals surface area contributed by atoms with E-state index >= 15 is 0 Å². The van der Waals surface area contributed by atoms with E-state index in [9.17, 15) is 14.7 Å². The zero-order chi connectivity index (χ0) is 14.0. The van der Waals surface area contributed by atoms with Crippen molar-refractivity contribution in [2.45, 2.75) is 6.92 Å². The molecule has 0 spiro atoms. The van der Waals surface area contributed by atoms with Gasteiger partial charge < -0.3 is 10.1 Å². The predicted octanol–water partition coefficient (Wildman–Crippen LogP) is 1.48. The number of phenolic OH excluding ortho intramolecular Hbond substituents is 1. The Labute approximate surface area is 112 Å². The highest BCUT2D eigenvalue weighted by molar-refractivity contribution is 6.30. The fourth-order valence-corrected chi connectivity index (χ4v) is 1.69. The summed E-state index contributed by atoms with van der Waals surface area (Å²) >= 11 is 5.79. The number of aliphatic imine (C=N–C) groups is 1. The first-order valence-electron chi connectivity index (χ1n) is 5.33. The second kappa shape index (κ2) is 5.11. The standard InChI is InChI=1S/C12H10ClN3O3/c1-6-10(11(18)16-12(19)15-6)14-5-7-4-8(13)2-3-9(7)17/h2-5,17H,1H3,(H2,15,16,18,19). The number of nitrogens with zero attached hydrogens (tertiary/aromatic N) is 1. The third-order valence-corrected chi connectivity index (χ3v) is 2.66. The third-order valence-electron chi connectivity index (χ3n) is 2.42. The summed E-state index contributed by atoms with van der Waals surface area (Å²) in [5.74, 6) is -0.00773. The molecule has 7 heteroatoms. The molecule has 6 nitrogen and oxygen atoms in total. The molecule has 0 saturated heterocycles. The smallest absolute Gasteiger partial charge is 0.326 e. The summed E-state index contributed by atoms with van der Waals surface area (Å²) in [6.07, 6.45) is 1.30. The summed E-state index contributed by atoms with van der Waals surface area (Å²) in [5, 5.41) is 10.0. The topological polar surface area (TPSA) is 98.3 Å². The Balaban J connectivity index is 2.46. The minimum absolute atomic E-state index is 0.00773. The third kappa shape index (κ3) is 2.92. The van der Waals surface area contributed by atoms with Gasteiger partial charge in [0.2, 0.25) is 0 Å². The van der Waals surface area contributed by atoms with Gasteiger partial charge in [0.1, 0.15) is 11.4 Å². The van der Waals surface area contributed by atoms with E-state index in [0.717, 1.165) is 0 Å². The average Bonchev–Trinajstić information content (AvgIpc) is 2.32. The lowest BCUT2D eigenvalue weighted by molar-refractivity contribution is 0.474. The van der Waals surface area contributed by atoms with Crippen LogP contribution in [0.5, 0.6) is 5.75 Å². The molecule has 0 fully saturated rings. The van der Waals surface area contributed by atoms with Gasteiger partial charge in [0.05, 0.1) is 0 Å². The second-order valence-corrected chi connectivity index (χ2v) is 4.28. The molecular formula is C12H10ClN3O3. The Bertz CT molecular complexity index is 762. The second-order valence-electron chi connectivity index (χ2n) is 3.84. The zero-order valence-electron chi connectivity index (χ0n) is 9.90. The van der Waals surface area contributed by atoms with Crippen molar-refractivity contribution in [2.75, 3.05) is 0 Å². The Hall–Kier alpha value is -2.34. The fraction of sp³-hybridized carbons (Fsp3) is 0.0833. The van der Waals surface area contributed by atoms with Gasteiger partial charge in [-0.2, -0.15) is 0 Å². The van der Waals surface area contributed by atoms with Crippen LogP contribution in [0.1, 0.15) is 11.3 Å². The Kier molecular flexibility index (Phi) is 3.52. The number of H-pyrrole nitrogens is 2. The van der Waals surface area contributed by atoms with Crippen molar-refractivity contribution in [3.63, 3.8) is 0 Å². The lowest BCUT2D eigenvalue weighted by atomic mass is 10.2. The highest BCUT2D eigenvalue weighted by atomic mass is 35.5. The number of aryl methyl sites for hydroxylation is 1. The molecule has 1 heterocycles. The molecule has 0 saturated carbocycles. The highest BCUT2D eigenvalue weighted by Crippen LogP contribution is 2.20. The van der Waals surface area contributed by atoms with Crippen molar-refractivity contribution < 1.29 is 5.11 Å². The maximum Gasteiger partial charge on any atom is 0.326 e. The SMILES string of the molecule is Cc1[nH]c(=O)[nH]c(=O)c1N=Cc1cc(Cl)ccc1O. The van der Waals surface area contributed by atoms with Crippen LogP contribution < -0.4 is 11.2 Å². The number of nitrogens with one attached hydrogen (secondary N) is 2. The molecule has 0 aliphatic carbocycles. The number of aromatic amines is 2. The van der Waals surface area contributed by atoms with Gasteiger partial charge in [-0.1, -0.05) is 11.6 Å². The maximum absolute atomic E-state index is 11.6. The normalized spacial score (nSPS) is 11.1. The van der Waals surface area contributed by atoms with Crippen LogP contribution in [-0.2, 0) is 0 Å². The quantitative estimate of drug-likeness (QED) is 0.726. The van der Waals surface area contributed by atoms with E-state index in [0.29, 0.717) is 16.3 Å². The molecule has 2 aromatic rings. The number of aromatic nitrogens is 2. The fourth-order valence-electron chi connectivity index (χ4n) is 1.51. The Morgan fingerprint density at radius 2 is 2.05 bits per heavy atom. The number of halogens is 1. The minimum atomic E-state index is -0.598. The molecule has 2 rings (SSSR count). The number of hydrogen-bond donors (Lipinski definition) is 3. The lowest BCUT2D eigenvalue weighted by Gasteiger charge is -2.00. The van der Waals surface area contributed by atoms with Crippen LogP contribution in [0.3, 0.4) is 0 Å². The summed E-state index contributed by atoms with van der Waals surface area (Å²) in [7, 11) is 0. The molecule has 0 atom stereocenters. The van der Waals surface area contributed by atoms with E-state index in [1.54, 1.807) is 6.92 Å². The molecule has 1 aromatic heterocycles. The van der Waals surface area contributed by atoms with E-state index in [4.69, 9.17) is 11.6 Å². The van der Waals surface area contributed by atoms with Crippen molar-refractivity contribution >= 4 is 23.5 Å². The van der Waals surface area contributed by atoms with Gasteiger partial charge in [-0.15, -0.1) is 0 Å². The molecule has 0 aliphatic rings. The van der Waals surface area contributed by atoms with Crippen LogP contribution in [-0.4, -0.2) is 21.3 Å². The van der Waals surface area contributed by atoms with E-state index in [1.165, 1.54) is 24.4 Å². The number of aromatic hydroxyl groups is 1. The summed E-state index contributed by atoms with van der Waals surface area (Å²) in [5.41, 5.74) is -0.408. The van der Waals surface area contributed by atoms with E-state index in [-0.39, 0.29) is 11.4 Å². The molecule has 19 heavy (non-hydrogen) atoms. The Morgan fingerprint density at radius 1 is 1.32 bits per heavy atom. The molecule has 0 amide bonds. The first-order valence-corrected chi connectivity index (χ1v) is 5.71. The van der Waals surface area contributed by atoms with E-state index in [2.05, 4.69) is 15.0 Å². The number of phenols is 1. The van der Waals surface area contributed by atoms with Crippen molar-refractivity contribution in [3.05, 3.63) is 55.3 Å². The monoisotopic (exact) mass is 279 g/mol. The molecule has 1 aromatic carbocycles. The Morgan fingerprint density at radius 3 is 2.74 bits per heavy atom. The van der Waals surface area contributed by atoms with E-state index in [1.807, 2.05) is 0 Å². The molecule has 0 bridgehead atoms. The van der Waals surface area contributed by atoms with Crippen molar-refractivity contribution in [2.24, 2.45) is 4.99 Å². The van der Waals surface area contributed by atoms with Gasteiger partial charge in [0, 0.05) is 22.5 Å². The van der Waals surface area contributed by atoms with Gasteiger partial charge in [-0.25, -0.2) is 9.79 Å². The molecule has 0 radical (unpaired) electrons. The van der Waals surface area contributed by atoms with Gasteiger partial charge >= 0.3 is 5.69 Å². The molecule has 3 N–H and O–H groups in total. The van der Waals surface area contributed by atoms with Crippen LogP contribution in [0.4, 0.5) is 5.69 Å². The molecule has 98 valence electrons. The minimum Gasteiger partial charge on any atom is -0.507 e. The van der Waals surface area contributed by atoms with Gasteiger partial charge in [0.25, 0.3) is 5.56 Å². The highest BCUT2D eigenvalue weighted by Gasteiger charge is 2.04. The van der Waals surface area contributed by atoms with Gasteiger partial charge in [-0.05, 0) is 25.1 Å². The van der Waals surface area contributed by atoms with Crippen LogP contribution in [0.2, 0.25) is 5.02 Å². The summed E-state index contributed by atoms with van der Waals surface area (Å²) in [4.78, 5) is 31.0. The van der Waals surface area contributed by atoms with Crippen LogP contribution >= 0.6 is 11.6 Å². The summed E-state index contributed by atoms with van der Waals surface area (Å²) in [6.45, 7) is 1.56.